The molecule has 1 aromatic rings. The summed E-state index contributed by atoms with van der Waals surface area (Å²) >= 11 is 1.89. The molecule has 2 rings (SSSR count). The monoisotopic (exact) mass is 279 g/mol. The molecule has 106 valence electrons. The standard InChI is InChI=1S/C15H25N3S/c1-5-12-6-7-13(19-12)10-17-14(16-4)18-9-8-15(2,3)11-18/h6-7H,5,8-11H2,1-4H3,(H,16,17). The summed E-state index contributed by atoms with van der Waals surface area (Å²) in [5, 5.41) is 3.49. The van der Waals surface area contributed by atoms with Gasteiger partial charge in [0.25, 0.3) is 0 Å². The molecule has 0 spiro atoms. The zero-order valence-corrected chi connectivity index (χ0v) is 13.3. The van der Waals surface area contributed by atoms with Crippen LogP contribution in [0.2, 0.25) is 0 Å². The average Bonchev–Trinajstić information content (AvgIpc) is 2.97. The molecule has 3 nitrogen and oxygen atoms in total. The van der Waals surface area contributed by atoms with E-state index in [0.29, 0.717) is 5.41 Å². The Morgan fingerprint density at radius 3 is 2.68 bits per heavy atom. The Labute approximate surface area is 120 Å². The molecule has 0 aromatic carbocycles. The molecule has 1 aliphatic rings. The second-order valence-corrected chi connectivity index (χ2v) is 7.21. The summed E-state index contributed by atoms with van der Waals surface area (Å²) in [5.41, 5.74) is 0.413. The largest absolute Gasteiger partial charge is 0.351 e. The van der Waals surface area contributed by atoms with Gasteiger partial charge in [-0.25, -0.2) is 0 Å². The Balaban J connectivity index is 1.90. The summed E-state index contributed by atoms with van der Waals surface area (Å²) in [6.07, 6.45) is 2.37. The molecule has 1 N–H and O–H groups in total. The van der Waals surface area contributed by atoms with E-state index < -0.39 is 0 Å². The van der Waals surface area contributed by atoms with E-state index >= 15 is 0 Å². The van der Waals surface area contributed by atoms with Crippen LogP contribution in [0.5, 0.6) is 0 Å². The van der Waals surface area contributed by atoms with Crippen LogP contribution in [-0.2, 0) is 13.0 Å². The van der Waals surface area contributed by atoms with Gasteiger partial charge in [-0.3, -0.25) is 4.99 Å². The molecular formula is C15H25N3S. The fourth-order valence-electron chi connectivity index (χ4n) is 2.50. The number of aryl methyl sites for hydroxylation is 1. The van der Waals surface area contributed by atoms with Crippen LogP contribution < -0.4 is 5.32 Å². The molecule has 1 aromatic heterocycles. The topological polar surface area (TPSA) is 27.6 Å². The van der Waals surface area contributed by atoms with E-state index in [1.807, 2.05) is 18.4 Å². The van der Waals surface area contributed by atoms with Crippen LogP contribution in [0.1, 0.15) is 36.9 Å². The SMILES string of the molecule is CCc1ccc(CNC(=NC)N2CCC(C)(C)C2)s1. The lowest BCUT2D eigenvalue weighted by atomic mass is 9.93. The summed E-state index contributed by atoms with van der Waals surface area (Å²) in [6, 6.07) is 4.45. The smallest absolute Gasteiger partial charge is 0.193 e. The lowest BCUT2D eigenvalue weighted by Crippen LogP contribution is -2.40. The van der Waals surface area contributed by atoms with Crippen molar-refractivity contribution < 1.29 is 0 Å². The van der Waals surface area contributed by atoms with Gasteiger partial charge in [-0.05, 0) is 30.4 Å². The number of thiophene rings is 1. The van der Waals surface area contributed by atoms with Crippen molar-refractivity contribution in [1.82, 2.24) is 10.2 Å². The number of nitrogens with zero attached hydrogens (tertiary/aromatic N) is 2. The van der Waals surface area contributed by atoms with E-state index in [9.17, 15) is 0 Å². The van der Waals surface area contributed by atoms with Gasteiger partial charge < -0.3 is 10.2 Å². The number of aliphatic imine (C=N–C) groups is 1. The van der Waals surface area contributed by atoms with Crippen molar-refractivity contribution in [2.45, 2.75) is 40.2 Å². The van der Waals surface area contributed by atoms with Gasteiger partial charge in [-0.2, -0.15) is 0 Å². The lowest BCUT2D eigenvalue weighted by Gasteiger charge is -2.23. The molecule has 19 heavy (non-hydrogen) atoms. The Kier molecular flexibility index (Phi) is 4.50. The fourth-order valence-corrected chi connectivity index (χ4v) is 3.40. The molecular weight excluding hydrogens is 254 g/mol. The van der Waals surface area contributed by atoms with Crippen molar-refractivity contribution in [2.75, 3.05) is 20.1 Å². The maximum absolute atomic E-state index is 4.41. The zero-order valence-electron chi connectivity index (χ0n) is 12.5. The molecule has 0 bridgehead atoms. The molecule has 0 atom stereocenters. The third-order valence-corrected chi connectivity index (χ3v) is 4.90. The first-order valence-electron chi connectivity index (χ1n) is 7.07. The van der Waals surface area contributed by atoms with Crippen molar-refractivity contribution in [3.8, 4) is 0 Å². The minimum atomic E-state index is 0.413. The quantitative estimate of drug-likeness (QED) is 0.680. The van der Waals surface area contributed by atoms with E-state index in [-0.39, 0.29) is 0 Å². The Hall–Kier alpha value is -1.03. The average molecular weight is 279 g/mol. The normalized spacial score (nSPS) is 18.9. The molecule has 4 heteroatoms. The van der Waals surface area contributed by atoms with E-state index in [4.69, 9.17) is 0 Å². The van der Waals surface area contributed by atoms with Crippen molar-refractivity contribution in [1.29, 1.82) is 0 Å². The summed E-state index contributed by atoms with van der Waals surface area (Å²) in [6.45, 7) is 9.94. The second-order valence-electron chi connectivity index (χ2n) is 5.96. The minimum Gasteiger partial charge on any atom is -0.351 e. The molecule has 0 amide bonds. The van der Waals surface area contributed by atoms with Gasteiger partial charge in [0.2, 0.25) is 0 Å². The van der Waals surface area contributed by atoms with Crippen LogP contribution in [0.25, 0.3) is 0 Å². The highest BCUT2D eigenvalue weighted by Gasteiger charge is 2.30. The fraction of sp³-hybridized carbons (Fsp3) is 0.667. The van der Waals surface area contributed by atoms with Gasteiger partial charge >= 0.3 is 0 Å². The van der Waals surface area contributed by atoms with E-state index in [0.717, 1.165) is 32.0 Å². The molecule has 0 saturated carbocycles. The first-order valence-corrected chi connectivity index (χ1v) is 7.89. The number of guanidine groups is 1. The van der Waals surface area contributed by atoms with Crippen LogP contribution in [0, 0.1) is 5.41 Å². The number of likely N-dealkylation sites (tertiary alicyclic amines) is 1. The maximum atomic E-state index is 4.41. The molecule has 1 fully saturated rings. The van der Waals surface area contributed by atoms with Gasteiger partial charge in [0.1, 0.15) is 0 Å². The van der Waals surface area contributed by atoms with Crippen LogP contribution in [0.4, 0.5) is 0 Å². The van der Waals surface area contributed by atoms with Crippen LogP contribution in [-0.4, -0.2) is 31.0 Å². The third kappa shape index (κ3) is 3.72. The number of hydrogen-bond donors (Lipinski definition) is 1. The third-order valence-electron chi connectivity index (χ3n) is 3.68. The predicted octanol–water partition coefficient (Wildman–Crippen LogP) is 3.12. The molecule has 1 aliphatic heterocycles. The molecule has 2 heterocycles. The zero-order chi connectivity index (χ0) is 13.9. The van der Waals surface area contributed by atoms with Crippen molar-refractivity contribution in [3.63, 3.8) is 0 Å². The Morgan fingerprint density at radius 2 is 2.16 bits per heavy atom. The summed E-state index contributed by atoms with van der Waals surface area (Å²) in [4.78, 5) is 9.62. The first-order chi connectivity index (χ1) is 9.04. The van der Waals surface area contributed by atoms with Crippen molar-refractivity contribution in [2.24, 2.45) is 10.4 Å². The highest BCUT2D eigenvalue weighted by molar-refractivity contribution is 7.11. The van der Waals surface area contributed by atoms with Gasteiger partial charge in [0.05, 0.1) is 6.54 Å². The number of nitrogens with one attached hydrogen (secondary N) is 1. The van der Waals surface area contributed by atoms with Gasteiger partial charge in [0, 0.05) is 29.9 Å². The minimum absolute atomic E-state index is 0.413. The summed E-state index contributed by atoms with van der Waals surface area (Å²) in [5.74, 6) is 1.04. The summed E-state index contributed by atoms with van der Waals surface area (Å²) < 4.78 is 0. The molecule has 1 saturated heterocycles. The number of hydrogen-bond acceptors (Lipinski definition) is 2. The number of rotatable bonds is 3. The first kappa shape index (κ1) is 14.4. The second kappa shape index (κ2) is 5.95. The van der Waals surface area contributed by atoms with E-state index in [2.05, 4.69) is 48.1 Å². The van der Waals surface area contributed by atoms with Crippen molar-refractivity contribution >= 4 is 17.3 Å². The highest BCUT2D eigenvalue weighted by atomic mass is 32.1. The maximum Gasteiger partial charge on any atom is 0.193 e. The molecule has 0 aliphatic carbocycles. The van der Waals surface area contributed by atoms with Crippen molar-refractivity contribution in [3.05, 3.63) is 21.9 Å². The Morgan fingerprint density at radius 1 is 1.42 bits per heavy atom. The van der Waals surface area contributed by atoms with Crippen LogP contribution >= 0.6 is 11.3 Å². The van der Waals surface area contributed by atoms with Gasteiger partial charge in [-0.15, -0.1) is 11.3 Å². The van der Waals surface area contributed by atoms with E-state index in [1.54, 1.807) is 0 Å². The lowest BCUT2D eigenvalue weighted by molar-refractivity contribution is 0.370. The molecule has 0 radical (unpaired) electrons. The predicted molar refractivity (Wildman–Crippen MR) is 83.9 cm³/mol. The van der Waals surface area contributed by atoms with Gasteiger partial charge in [0.15, 0.2) is 5.96 Å². The van der Waals surface area contributed by atoms with Gasteiger partial charge in [-0.1, -0.05) is 20.8 Å². The Bertz CT molecular complexity index is 448. The van der Waals surface area contributed by atoms with E-state index in [1.165, 1.54) is 16.2 Å². The van der Waals surface area contributed by atoms with Crippen LogP contribution in [0.15, 0.2) is 17.1 Å². The highest BCUT2D eigenvalue weighted by Crippen LogP contribution is 2.28. The summed E-state index contributed by atoms with van der Waals surface area (Å²) in [7, 11) is 1.87. The van der Waals surface area contributed by atoms with Crippen LogP contribution in [0.3, 0.4) is 0 Å². The molecule has 0 unspecified atom stereocenters.